The molecule has 0 N–H and O–H groups in total. The summed E-state index contributed by atoms with van der Waals surface area (Å²) in [6.07, 6.45) is 2.38. The van der Waals surface area contributed by atoms with Crippen LogP contribution in [0.15, 0.2) is 48.3 Å². The highest BCUT2D eigenvalue weighted by atomic mass is 19.4. The third kappa shape index (κ3) is 5.73. The smallest absolute Gasteiger partial charge is 0.416 e. The van der Waals surface area contributed by atoms with Crippen LogP contribution in [0, 0.1) is 17.2 Å². The van der Waals surface area contributed by atoms with E-state index in [2.05, 4.69) is 0 Å². The zero-order valence-electron chi connectivity index (χ0n) is 13.8. The lowest BCUT2D eigenvalue weighted by Gasteiger charge is -2.26. The zero-order chi connectivity index (χ0) is 19.2. The number of allylic oxidation sites excluding steroid dienone is 4. The molecule has 2 rings (SSSR count). The van der Waals surface area contributed by atoms with Crippen molar-refractivity contribution in [2.45, 2.75) is 38.0 Å². The van der Waals surface area contributed by atoms with Crippen molar-refractivity contribution in [1.82, 2.24) is 0 Å². The molecule has 0 saturated heterocycles. The lowest BCUT2D eigenvalue weighted by atomic mass is 9.87. The van der Waals surface area contributed by atoms with Crippen molar-refractivity contribution in [3.63, 3.8) is 0 Å². The van der Waals surface area contributed by atoms with Crippen LogP contribution in [-0.4, -0.2) is 12.1 Å². The lowest BCUT2D eigenvalue weighted by Crippen LogP contribution is -2.24. The molecule has 0 bridgehead atoms. The largest absolute Gasteiger partial charge is 0.459 e. The number of halogens is 4. The van der Waals surface area contributed by atoms with Crippen molar-refractivity contribution in [1.29, 1.82) is 5.26 Å². The molecule has 0 radical (unpaired) electrons. The summed E-state index contributed by atoms with van der Waals surface area (Å²) in [6.45, 7) is 0. The summed E-state index contributed by atoms with van der Waals surface area (Å²) in [5.74, 6) is -1.30. The van der Waals surface area contributed by atoms with Gasteiger partial charge in [0.25, 0.3) is 0 Å². The zero-order valence-corrected chi connectivity index (χ0v) is 13.8. The van der Waals surface area contributed by atoms with Crippen molar-refractivity contribution in [3.8, 4) is 6.07 Å². The van der Waals surface area contributed by atoms with E-state index in [1.54, 1.807) is 0 Å². The van der Waals surface area contributed by atoms with Crippen LogP contribution in [0.1, 0.15) is 41.6 Å². The minimum atomic E-state index is -4.44. The Bertz CT molecular complexity index is 721. The van der Waals surface area contributed by atoms with Gasteiger partial charge in [0.15, 0.2) is 5.83 Å². The molecule has 0 unspecified atom stereocenters. The molecule has 1 saturated carbocycles. The van der Waals surface area contributed by atoms with Crippen molar-refractivity contribution in [2.24, 2.45) is 5.92 Å². The predicted molar refractivity (Wildman–Crippen MR) is 86.5 cm³/mol. The van der Waals surface area contributed by atoms with Gasteiger partial charge in [-0.3, -0.25) is 0 Å². The Balaban J connectivity index is 1.84. The van der Waals surface area contributed by atoms with Gasteiger partial charge in [0.05, 0.1) is 11.1 Å². The summed E-state index contributed by atoms with van der Waals surface area (Å²) >= 11 is 0. The third-order valence-corrected chi connectivity index (χ3v) is 4.17. The fourth-order valence-electron chi connectivity index (χ4n) is 2.75. The fourth-order valence-corrected chi connectivity index (χ4v) is 2.75. The number of hydrogen-bond acceptors (Lipinski definition) is 3. The molecule has 26 heavy (non-hydrogen) atoms. The molecule has 0 heterocycles. The van der Waals surface area contributed by atoms with E-state index in [9.17, 15) is 22.4 Å². The first kappa shape index (κ1) is 19.7. The van der Waals surface area contributed by atoms with Gasteiger partial charge in [0.1, 0.15) is 12.2 Å². The number of carbonyl (C=O) groups excluding carboxylic acids is 1. The maximum atomic E-state index is 12.7. The number of ether oxygens (including phenoxy) is 1. The SMILES string of the molecule is N#CC(F)=C/C=C/C1CCC(OC(=O)c2ccc(C(F)(F)F)cc2)CC1. The average Bonchev–Trinajstić information content (AvgIpc) is 2.62. The summed E-state index contributed by atoms with van der Waals surface area (Å²) in [4.78, 5) is 12.0. The number of esters is 1. The third-order valence-electron chi connectivity index (χ3n) is 4.17. The lowest BCUT2D eigenvalue weighted by molar-refractivity contribution is -0.137. The quantitative estimate of drug-likeness (QED) is 0.312. The summed E-state index contributed by atoms with van der Waals surface area (Å²) < 4.78 is 55.6. The van der Waals surface area contributed by atoms with Crippen molar-refractivity contribution < 1.29 is 27.1 Å². The van der Waals surface area contributed by atoms with E-state index in [4.69, 9.17) is 10.00 Å². The molecule has 1 aliphatic carbocycles. The number of nitriles is 1. The van der Waals surface area contributed by atoms with Crippen molar-refractivity contribution >= 4 is 5.97 Å². The predicted octanol–water partition coefficient (Wildman–Crippen LogP) is 5.35. The molecule has 0 aliphatic heterocycles. The molecule has 0 amide bonds. The summed E-state index contributed by atoms with van der Waals surface area (Å²) in [5, 5.41) is 8.31. The number of hydrogen-bond donors (Lipinski definition) is 0. The Morgan fingerprint density at radius 2 is 1.77 bits per heavy atom. The average molecular weight is 367 g/mol. The van der Waals surface area contributed by atoms with E-state index in [-0.39, 0.29) is 17.6 Å². The van der Waals surface area contributed by atoms with E-state index in [1.165, 1.54) is 12.1 Å². The van der Waals surface area contributed by atoms with E-state index in [0.717, 1.165) is 43.2 Å². The molecule has 1 aromatic carbocycles. The van der Waals surface area contributed by atoms with Crippen LogP contribution >= 0.6 is 0 Å². The summed E-state index contributed by atoms with van der Waals surface area (Å²) in [5.41, 5.74) is -0.736. The molecule has 1 fully saturated rings. The second-order valence-electron chi connectivity index (χ2n) is 6.03. The standard InChI is InChI=1S/C19H17F4NO2/c20-16(12-24)3-1-2-13-4-10-17(11-5-13)26-18(25)14-6-8-15(9-7-14)19(21,22)23/h1-3,6-9,13,17H,4-5,10-11H2/b2-1+,16-3?. The van der Waals surface area contributed by atoms with Crippen LogP contribution in [0.4, 0.5) is 17.6 Å². The molecule has 3 nitrogen and oxygen atoms in total. The second-order valence-corrected chi connectivity index (χ2v) is 6.03. The topological polar surface area (TPSA) is 50.1 Å². The van der Waals surface area contributed by atoms with Crippen LogP contribution in [0.5, 0.6) is 0 Å². The van der Waals surface area contributed by atoms with E-state index < -0.39 is 23.5 Å². The maximum Gasteiger partial charge on any atom is 0.416 e. The maximum absolute atomic E-state index is 12.7. The first-order chi connectivity index (χ1) is 12.3. The highest BCUT2D eigenvalue weighted by molar-refractivity contribution is 5.89. The minimum Gasteiger partial charge on any atom is -0.459 e. The van der Waals surface area contributed by atoms with Crippen LogP contribution in [0.25, 0.3) is 0 Å². The minimum absolute atomic E-state index is 0.0807. The van der Waals surface area contributed by atoms with E-state index in [1.807, 2.05) is 6.08 Å². The van der Waals surface area contributed by atoms with Gasteiger partial charge in [-0.2, -0.15) is 22.8 Å². The number of benzene rings is 1. The first-order valence-corrected chi connectivity index (χ1v) is 8.12. The fraction of sp³-hybridized carbons (Fsp3) is 0.368. The number of carbonyl (C=O) groups is 1. The highest BCUT2D eigenvalue weighted by Crippen LogP contribution is 2.30. The molecule has 7 heteroatoms. The highest BCUT2D eigenvalue weighted by Gasteiger charge is 2.30. The van der Waals surface area contributed by atoms with Gasteiger partial charge in [-0.25, -0.2) is 4.79 Å². The first-order valence-electron chi connectivity index (χ1n) is 8.12. The summed E-state index contributed by atoms with van der Waals surface area (Å²) in [7, 11) is 0. The molecular formula is C19H17F4NO2. The monoisotopic (exact) mass is 367 g/mol. The molecule has 0 atom stereocenters. The van der Waals surface area contributed by atoms with E-state index >= 15 is 0 Å². The number of rotatable bonds is 4. The molecule has 1 aromatic rings. The Morgan fingerprint density at radius 3 is 2.31 bits per heavy atom. The van der Waals surface area contributed by atoms with Crippen molar-refractivity contribution in [3.05, 3.63) is 59.4 Å². The molecule has 1 aliphatic rings. The molecular weight excluding hydrogens is 350 g/mol. The van der Waals surface area contributed by atoms with Gasteiger partial charge in [-0.1, -0.05) is 12.2 Å². The Labute approximate surface area is 148 Å². The van der Waals surface area contributed by atoms with Crippen LogP contribution in [0.3, 0.4) is 0 Å². The summed E-state index contributed by atoms with van der Waals surface area (Å²) in [6, 6.07) is 5.30. The Kier molecular flexibility index (Phi) is 6.56. The van der Waals surface area contributed by atoms with Gasteiger partial charge in [0, 0.05) is 0 Å². The molecule has 0 aromatic heterocycles. The van der Waals surface area contributed by atoms with Gasteiger partial charge < -0.3 is 4.74 Å². The van der Waals surface area contributed by atoms with Gasteiger partial charge in [0.2, 0.25) is 0 Å². The van der Waals surface area contributed by atoms with Crippen LogP contribution in [-0.2, 0) is 10.9 Å². The van der Waals surface area contributed by atoms with Gasteiger partial charge in [-0.15, -0.1) is 0 Å². The van der Waals surface area contributed by atoms with Gasteiger partial charge in [-0.05, 0) is 61.9 Å². The van der Waals surface area contributed by atoms with Crippen LogP contribution in [0.2, 0.25) is 0 Å². The number of nitrogens with zero attached hydrogens (tertiary/aromatic N) is 1. The number of alkyl halides is 3. The van der Waals surface area contributed by atoms with Crippen LogP contribution < -0.4 is 0 Å². The Hall–Kier alpha value is -2.62. The Morgan fingerprint density at radius 1 is 1.15 bits per heavy atom. The van der Waals surface area contributed by atoms with Crippen molar-refractivity contribution in [2.75, 3.05) is 0 Å². The molecule has 0 spiro atoms. The normalized spacial score (nSPS) is 21.4. The van der Waals surface area contributed by atoms with E-state index in [0.29, 0.717) is 12.8 Å². The molecule has 138 valence electrons. The second kappa shape index (κ2) is 8.65. The van der Waals surface area contributed by atoms with Gasteiger partial charge >= 0.3 is 12.1 Å².